The molecule has 0 saturated heterocycles. The molecule has 9 heteroatoms. The monoisotopic (exact) mass is 689 g/mol. The van der Waals surface area contributed by atoms with E-state index in [-0.39, 0.29) is 49.1 Å². The summed E-state index contributed by atoms with van der Waals surface area (Å²) in [7, 11) is 0. The molecule has 4 aromatic rings. The van der Waals surface area contributed by atoms with Crippen molar-refractivity contribution in [3.63, 3.8) is 0 Å². The predicted octanol–water partition coefficient (Wildman–Crippen LogP) is 6.42. The fourth-order valence-electron chi connectivity index (χ4n) is 4.71. The van der Waals surface area contributed by atoms with Gasteiger partial charge in [0.1, 0.15) is 0 Å². The van der Waals surface area contributed by atoms with Crippen molar-refractivity contribution < 1.29 is 38.6 Å². The van der Waals surface area contributed by atoms with Gasteiger partial charge in [0, 0.05) is 35.7 Å². The van der Waals surface area contributed by atoms with E-state index in [9.17, 15) is 0 Å². The maximum Gasteiger partial charge on any atom is 2.00 e. The zero-order valence-electron chi connectivity index (χ0n) is 21.5. The third-order valence-corrected chi connectivity index (χ3v) is 8.02. The summed E-state index contributed by atoms with van der Waals surface area (Å²) in [5.74, 6) is -3.20. The number of rotatable bonds is 0. The second-order valence-electron chi connectivity index (χ2n) is 11.0. The Kier molecular flexibility index (Phi) is 6.39. The molecule has 0 N–H and O–H groups in total. The summed E-state index contributed by atoms with van der Waals surface area (Å²) in [4.78, 5) is 0. The fraction of sp³-hybridized carbons (Fsp3) is 0.357. The van der Waals surface area contributed by atoms with Gasteiger partial charge >= 0.3 is 21.1 Å². The van der Waals surface area contributed by atoms with Gasteiger partial charge in [0.25, 0.3) is 0 Å². The van der Waals surface area contributed by atoms with Gasteiger partial charge in [-0.15, -0.1) is 29.3 Å². The first-order valence-electron chi connectivity index (χ1n) is 11.6. The number of hydrogen-bond donors (Lipinski definition) is 0. The largest absolute Gasteiger partial charge is 2.00 e. The van der Waals surface area contributed by atoms with Gasteiger partial charge in [-0.3, -0.25) is 26.9 Å². The Morgan fingerprint density at radius 1 is 0.703 bits per heavy atom. The Morgan fingerprint density at radius 2 is 1.19 bits per heavy atom. The molecule has 2 aromatic heterocycles. The summed E-state index contributed by atoms with van der Waals surface area (Å²) < 4.78 is 64.0. The van der Waals surface area contributed by atoms with Crippen LogP contribution in [0.15, 0.2) is 30.6 Å². The smallest absolute Gasteiger partial charge is 0.284 e. The first-order chi connectivity index (χ1) is 16.7. The summed E-state index contributed by atoms with van der Waals surface area (Å²) in [6.45, 7) is 12.0. The molecule has 0 saturated carbocycles. The zero-order valence-corrected chi connectivity index (χ0v) is 23.8. The van der Waals surface area contributed by atoms with Gasteiger partial charge in [-0.2, -0.15) is 10.2 Å². The molecule has 5 rings (SSSR count). The second kappa shape index (κ2) is 8.65. The van der Waals surface area contributed by atoms with Crippen LogP contribution in [0.1, 0.15) is 69.6 Å². The molecule has 0 fully saturated rings. The van der Waals surface area contributed by atoms with Crippen molar-refractivity contribution in [3.8, 4) is 11.4 Å². The van der Waals surface area contributed by atoms with Crippen LogP contribution in [0.5, 0.6) is 0 Å². The topological polar surface area (TPSA) is 35.6 Å². The molecule has 0 aliphatic carbocycles. The van der Waals surface area contributed by atoms with Gasteiger partial charge in [0.05, 0.1) is 16.8 Å². The van der Waals surface area contributed by atoms with Crippen molar-refractivity contribution in [3.05, 3.63) is 94.1 Å². The molecule has 0 radical (unpaired) electrons. The Labute approximate surface area is 228 Å². The van der Waals surface area contributed by atoms with E-state index in [1.165, 1.54) is 16.3 Å². The van der Waals surface area contributed by atoms with Gasteiger partial charge in [-0.05, 0) is 48.2 Å². The minimum absolute atomic E-state index is 0. The molecule has 4 nitrogen and oxygen atoms in total. The standard InChI is InChI=1S/C28H26F4N4.Pt/c1-15-24(31)17-13-21(25(15)32)36-11-9-23(34-36)26(2,3)22-8-10-35(33-22)20-12-16(18(29)14-19(20)30)27(4,5)28(17,6)7;/h8-11,14H,1-7H3;/q-2;+2. The van der Waals surface area contributed by atoms with E-state index in [1.807, 2.05) is 13.8 Å². The Hall–Kier alpha value is -2.73. The summed E-state index contributed by atoms with van der Waals surface area (Å²) in [5, 5.41) is 9.15. The molecule has 37 heavy (non-hydrogen) atoms. The van der Waals surface area contributed by atoms with Crippen LogP contribution in [0.2, 0.25) is 0 Å². The molecular weight excluding hydrogens is 663 g/mol. The van der Waals surface area contributed by atoms with Crippen molar-refractivity contribution in [2.45, 2.75) is 64.7 Å². The summed E-state index contributed by atoms with van der Waals surface area (Å²) >= 11 is 0. The maximum atomic E-state index is 15.6. The van der Waals surface area contributed by atoms with Crippen LogP contribution >= 0.6 is 0 Å². The van der Waals surface area contributed by atoms with E-state index >= 15 is 17.6 Å². The molecule has 0 amide bonds. The van der Waals surface area contributed by atoms with Crippen LogP contribution in [-0.4, -0.2) is 19.6 Å². The first-order valence-corrected chi connectivity index (χ1v) is 11.6. The molecule has 3 heterocycles. The SMILES string of the molecule is Cc1c(F)c2[c-]c(c1F)C(C)(C)C(C)(C)c1[c-]c(c(F)cc1F)-n1ccc(n1)C(C)(C)c1ccn-2n1.[Pt+2]. The average Bonchev–Trinajstić information content (AvgIpc) is 3.48. The van der Waals surface area contributed by atoms with Gasteiger partial charge in [-0.25, -0.2) is 0 Å². The van der Waals surface area contributed by atoms with Crippen molar-refractivity contribution in [1.29, 1.82) is 0 Å². The van der Waals surface area contributed by atoms with E-state index < -0.39 is 39.5 Å². The van der Waals surface area contributed by atoms with Crippen LogP contribution in [0.4, 0.5) is 17.6 Å². The molecule has 0 atom stereocenters. The first kappa shape index (κ1) is 27.3. The zero-order chi connectivity index (χ0) is 26.4. The van der Waals surface area contributed by atoms with Gasteiger partial charge in [0.2, 0.25) is 0 Å². The van der Waals surface area contributed by atoms with Gasteiger partial charge in [0.15, 0.2) is 0 Å². The Morgan fingerprint density at radius 3 is 1.76 bits per heavy atom. The molecule has 196 valence electrons. The van der Waals surface area contributed by atoms with Crippen molar-refractivity contribution in [2.24, 2.45) is 0 Å². The summed E-state index contributed by atoms with van der Waals surface area (Å²) in [6.07, 6.45) is 3.16. The number of halogens is 4. The molecule has 0 spiro atoms. The molecule has 1 aliphatic rings. The molecule has 1 aliphatic heterocycles. The molecule has 2 aromatic carbocycles. The van der Waals surface area contributed by atoms with Crippen molar-refractivity contribution in [2.75, 3.05) is 0 Å². The molecule has 0 unspecified atom stereocenters. The number of benzene rings is 2. The van der Waals surface area contributed by atoms with Crippen LogP contribution in [0.3, 0.4) is 0 Å². The third-order valence-electron chi connectivity index (χ3n) is 8.02. The van der Waals surface area contributed by atoms with Gasteiger partial charge in [-0.1, -0.05) is 40.2 Å². The van der Waals surface area contributed by atoms with Crippen LogP contribution < -0.4 is 0 Å². The van der Waals surface area contributed by atoms with E-state index in [0.717, 1.165) is 6.07 Å². The number of fused-ring (bicyclic) bond motifs is 10. The fourth-order valence-corrected chi connectivity index (χ4v) is 4.71. The molecule has 8 bridgehead atoms. The van der Waals surface area contributed by atoms with Crippen LogP contribution in [0, 0.1) is 42.3 Å². The summed E-state index contributed by atoms with van der Waals surface area (Å²) in [5.41, 5.74) is -2.06. The summed E-state index contributed by atoms with van der Waals surface area (Å²) in [6, 6.07) is 10.1. The van der Waals surface area contributed by atoms with Crippen LogP contribution in [0.25, 0.3) is 11.4 Å². The second-order valence-corrected chi connectivity index (χ2v) is 11.0. The number of hydrogen-bond acceptors (Lipinski definition) is 2. The van der Waals surface area contributed by atoms with Gasteiger partial charge < -0.3 is 0 Å². The minimum atomic E-state index is -1.14. The maximum absolute atomic E-state index is 15.6. The van der Waals surface area contributed by atoms with E-state index in [2.05, 4.69) is 22.3 Å². The van der Waals surface area contributed by atoms with Crippen LogP contribution in [-0.2, 0) is 37.3 Å². The quantitative estimate of drug-likeness (QED) is 0.158. The average molecular weight is 690 g/mol. The molecular formula is C28H26F4N4Pt. The van der Waals surface area contributed by atoms with E-state index in [1.54, 1.807) is 52.2 Å². The Bertz CT molecular complexity index is 1530. The third kappa shape index (κ3) is 3.82. The predicted molar refractivity (Wildman–Crippen MR) is 128 cm³/mol. The van der Waals surface area contributed by atoms with Crippen molar-refractivity contribution >= 4 is 0 Å². The normalized spacial score (nSPS) is 16.9. The van der Waals surface area contributed by atoms with E-state index in [0.29, 0.717) is 11.4 Å². The van der Waals surface area contributed by atoms with Crippen molar-refractivity contribution in [1.82, 2.24) is 19.6 Å². The number of nitrogens with zero attached hydrogens (tertiary/aromatic N) is 4. The minimum Gasteiger partial charge on any atom is -0.284 e. The van der Waals surface area contributed by atoms with E-state index in [4.69, 9.17) is 0 Å². The number of aromatic nitrogens is 4. The Balaban J connectivity index is 0.00000320.